The normalized spacial score (nSPS) is 13.3. The number of nitrogens with one attached hydrogen (secondary N) is 3. The van der Waals surface area contributed by atoms with Crippen LogP contribution in [0.1, 0.15) is 31.6 Å². The third-order valence-corrected chi connectivity index (χ3v) is 4.59. The second-order valence-corrected chi connectivity index (χ2v) is 6.84. The minimum atomic E-state index is -0.618. The molecule has 3 aromatic rings. The summed E-state index contributed by atoms with van der Waals surface area (Å²) in [6.07, 6.45) is 5.49. The molecule has 0 aliphatic rings. The maximum absolute atomic E-state index is 12.8. The first-order valence-electron chi connectivity index (χ1n) is 9.18. The molecule has 2 amide bonds. The Balaban J connectivity index is 1.64. The molecule has 0 bridgehead atoms. The summed E-state index contributed by atoms with van der Waals surface area (Å²) in [4.78, 5) is 27.6. The molecule has 1 unspecified atom stereocenters. The van der Waals surface area contributed by atoms with Crippen LogP contribution in [0.15, 0.2) is 53.3 Å². The van der Waals surface area contributed by atoms with E-state index in [1.54, 1.807) is 6.26 Å². The summed E-state index contributed by atoms with van der Waals surface area (Å²) in [5, 5.41) is 6.84. The zero-order chi connectivity index (χ0) is 19.2. The van der Waals surface area contributed by atoms with Crippen LogP contribution in [0, 0.1) is 0 Å². The molecule has 6 nitrogen and oxygen atoms in total. The molecule has 0 radical (unpaired) electrons. The number of H-pyrrole nitrogens is 1. The molecule has 0 aliphatic heterocycles. The van der Waals surface area contributed by atoms with Crippen molar-refractivity contribution in [2.24, 2.45) is 0 Å². The zero-order valence-electron chi connectivity index (χ0n) is 15.6. The van der Waals surface area contributed by atoms with E-state index in [0.29, 0.717) is 6.42 Å². The first-order valence-corrected chi connectivity index (χ1v) is 9.18. The van der Waals surface area contributed by atoms with Gasteiger partial charge in [-0.1, -0.05) is 18.2 Å². The van der Waals surface area contributed by atoms with Crippen LogP contribution in [0.2, 0.25) is 0 Å². The highest BCUT2D eigenvalue weighted by molar-refractivity contribution is 5.89. The van der Waals surface area contributed by atoms with Gasteiger partial charge in [0.2, 0.25) is 11.8 Å². The highest BCUT2D eigenvalue weighted by atomic mass is 16.3. The SMILES string of the molecule is CC(=O)N[C@@H](Cc1c[nH]c2ccccc12)C(=O)NC(C)CCc1ccco1. The summed E-state index contributed by atoms with van der Waals surface area (Å²) in [5.74, 6) is 0.494. The molecule has 2 atom stereocenters. The molecule has 0 aliphatic carbocycles. The maximum Gasteiger partial charge on any atom is 0.243 e. The van der Waals surface area contributed by atoms with E-state index in [1.165, 1.54) is 6.92 Å². The number of benzene rings is 1. The van der Waals surface area contributed by atoms with Gasteiger partial charge in [0.15, 0.2) is 0 Å². The average molecular weight is 367 g/mol. The Kier molecular flexibility index (Phi) is 5.96. The van der Waals surface area contributed by atoms with Crippen molar-refractivity contribution < 1.29 is 14.0 Å². The number of hydrogen-bond acceptors (Lipinski definition) is 3. The van der Waals surface area contributed by atoms with E-state index in [9.17, 15) is 9.59 Å². The van der Waals surface area contributed by atoms with Gasteiger partial charge in [0.25, 0.3) is 0 Å². The molecule has 0 saturated carbocycles. The minimum absolute atomic E-state index is 0.0261. The van der Waals surface area contributed by atoms with E-state index in [4.69, 9.17) is 4.42 Å². The summed E-state index contributed by atoms with van der Waals surface area (Å²) in [6.45, 7) is 3.38. The van der Waals surface area contributed by atoms with Gasteiger partial charge in [-0.2, -0.15) is 0 Å². The Morgan fingerprint density at radius 2 is 1.96 bits per heavy atom. The summed E-state index contributed by atoms with van der Waals surface area (Å²) < 4.78 is 5.33. The van der Waals surface area contributed by atoms with Gasteiger partial charge >= 0.3 is 0 Å². The molecular formula is C21H25N3O3. The smallest absolute Gasteiger partial charge is 0.243 e. The minimum Gasteiger partial charge on any atom is -0.469 e. The van der Waals surface area contributed by atoms with Gasteiger partial charge in [-0.15, -0.1) is 0 Å². The Bertz CT molecular complexity index is 898. The van der Waals surface area contributed by atoms with Crippen molar-refractivity contribution in [3.05, 3.63) is 60.2 Å². The Labute approximate surface area is 158 Å². The molecule has 142 valence electrons. The van der Waals surface area contributed by atoms with E-state index in [1.807, 2.05) is 49.5 Å². The first kappa shape index (κ1) is 18.8. The van der Waals surface area contributed by atoms with Crippen molar-refractivity contribution in [2.45, 2.75) is 45.2 Å². The average Bonchev–Trinajstić information content (AvgIpc) is 3.29. The Morgan fingerprint density at radius 1 is 1.15 bits per heavy atom. The molecule has 1 aromatic carbocycles. The number of aromatic amines is 1. The summed E-state index contributed by atoms with van der Waals surface area (Å²) in [6, 6.07) is 11.1. The largest absolute Gasteiger partial charge is 0.469 e. The lowest BCUT2D eigenvalue weighted by atomic mass is 10.0. The number of carbonyl (C=O) groups is 2. The molecule has 27 heavy (non-hydrogen) atoms. The van der Waals surface area contributed by atoms with Crippen molar-refractivity contribution in [3.8, 4) is 0 Å². The van der Waals surface area contributed by atoms with E-state index in [-0.39, 0.29) is 17.9 Å². The maximum atomic E-state index is 12.8. The Hall–Kier alpha value is -3.02. The highest BCUT2D eigenvalue weighted by Gasteiger charge is 2.22. The van der Waals surface area contributed by atoms with E-state index >= 15 is 0 Å². The van der Waals surface area contributed by atoms with Crippen molar-refractivity contribution in [2.75, 3.05) is 0 Å². The molecule has 2 heterocycles. The number of aromatic nitrogens is 1. The quantitative estimate of drug-likeness (QED) is 0.572. The number of furan rings is 1. The molecule has 6 heteroatoms. The fourth-order valence-electron chi connectivity index (χ4n) is 3.20. The molecule has 0 fully saturated rings. The van der Waals surface area contributed by atoms with Gasteiger partial charge < -0.3 is 20.0 Å². The predicted octanol–water partition coefficient (Wildman–Crippen LogP) is 2.95. The van der Waals surface area contributed by atoms with Gasteiger partial charge in [0.1, 0.15) is 11.8 Å². The molecule has 0 spiro atoms. The van der Waals surface area contributed by atoms with Crippen molar-refractivity contribution in [1.82, 2.24) is 15.6 Å². The lowest BCUT2D eigenvalue weighted by Gasteiger charge is -2.20. The fourth-order valence-corrected chi connectivity index (χ4v) is 3.20. The summed E-state index contributed by atoms with van der Waals surface area (Å²) in [5.41, 5.74) is 2.02. The number of para-hydroxylation sites is 1. The third kappa shape index (κ3) is 5.00. The number of fused-ring (bicyclic) bond motifs is 1. The monoisotopic (exact) mass is 367 g/mol. The number of aryl methyl sites for hydroxylation is 1. The first-order chi connectivity index (χ1) is 13.0. The second kappa shape index (κ2) is 8.58. The lowest BCUT2D eigenvalue weighted by Crippen LogP contribution is -2.49. The van der Waals surface area contributed by atoms with Gasteiger partial charge in [0, 0.05) is 42.9 Å². The second-order valence-electron chi connectivity index (χ2n) is 6.84. The molecule has 0 saturated heterocycles. The van der Waals surface area contributed by atoms with Gasteiger partial charge in [-0.3, -0.25) is 9.59 Å². The van der Waals surface area contributed by atoms with E-state index in [0.717, 1.165) is 35.1 Å². The standard InChI is InChI=1S/C21H25N3O3/c1-14(9-10-17-6-5-11-27-17)23-21(26)20(24-15(2)25)12-16-13-22-19-8-4-3-7-18(16)19/h3-8,11,13-14,20,22H,9-10,12H2,1-2H3,(H,23,26)(H,24,25)/t14?,20-/m0/s1. The number of carbonyl (C=O) groups excluding carboxylic acids is 2. The van der Waals surface area contributed by atoms with Crippen LogP contribution < -0.4 is 10.6 Å². The molecule has 3 rings (SSSR count). The van der Waals surface area contributed by atoms with Crippen LogP contribution in [0.4, 0.5) is 0 Å². The predicted molar refractivity (Wildman–Crippen MR) is 104 cm³/mol. The van der Waals surface area contributed by atoms with Crippen molar-refractivity contribution in [3.63, 3.8) is 0 Å². The van der Waals surface area contributed by atoms with Crippen molar-refractivity contribution >= 4 is 22.7 Å². The van der Waals surface area contributed by atoms with Crippen LogP contribution >= 0.6 is 0 Å². The van der Waals surface area contributed by atoms with Crippen LogP contribution in [0.3, 0.4) is 0 Å². The highest BCUT2D eigenvalue weighted by Crippen LogP contribution is 2.19. The van der Waals surface area contributed by atoms with E-state index < -0.39 is 6.04 Å². The van der Waals surface area contributed by atoms with Gasteiger partial charge in [-0.05, 0) is 37.1 Å². The molecule has 3 N–H and O–H groups in total. The molecule has 2 aromatic heterocycles. The van der Waals surface area contributed by atoms with Crippen LogP contribution in [-0.4, -0.2) is 28.9 Å². The number of amides is 2. The topological polar surface area (TPSA) is 87.1 Å². The van der Waals surface area contributed by atoms with Gasteiger partial charge in [-0.25, -0.2) is 0 Å². The van der Waals surface area contributed by atoms with Crippen molar-refractivity contribution in [1.29, 1.82) is 0 Å². The fraction of sp³-hybridized carbons (Fsp3) is 0.333. The molecular weight excluding hydrogens is 342 g/mol. The van der Waals surface area contributed by atoms with Crippen LogP contribution in [-0.2, 0) is 22.4 Å². The Morgan fingerprint density at radius 3 is 2.70 bits per heavy atom. The number of hydrogen-bond donors (Lipinski definition) is 3. The summed E-state index contributed by atoms with van der Waals surface area (Å²) >= 11 is 0. The van der Waals surface area contributed by atoms with Crippen LogP contribution in [0.5, 0.6) is 0 Å². The van der Waals surface area contributed by atoms with Gasteiger partial charge in [0.05, 0.1) is 6.26 Å². The van der Waals surface area contributed by atoms with E-state index in [2.05, 4.69) is 15.6 Å². The zero-order valence-corrected chi connectivity index (χ0v) is 15.6. The summed E-state index contributed by atoms with van der Waals surface area (Å²) in [7, 11) is 0. The lowest BCUT2D eigenvalue weighted by molar-refractivity contribution is -0.128. The van der Waals surface area contributed by atoms with Crippen LogP contribution in [0.25, 0.3) is 10.9 Å². The third-order valence-electron chi connectivity index (χ3n) is 4.59. The number of rotatable bonds is 8.